The number of rotatable bonds is 4. The van der Waals surface area contributed by atoms with Crippen LogP contribution in [0.15, 0.2) is 64.4 Å². The van der Waals surface area contributed by atoms with Gasteiger partial charge in [0.2, 0.25) is 5.43 Å². The highest BCUT2D eigenvalue weighted by Crippen LogP contribution is 2.30. The fourth-order valence-electron chi connectivity index (χ4n) is 4.35. The fraction of sp³-hybridized carbons (Fsp3) is 0.308. The Morgan fingerprint density at radius 3 is 2.29 bits per heavy atom. The van der Waals surface area contributed by atoms with Crippen LogP contribution in [0.25, 0.3) is 33.7 Å². The summed E-state index contributed by atoms with van der Waals surface area (Å²) in [5, 5.41) is 0. The van der Waals surface area contributed by atoms with E-state index < -0.39 is 0 Å². The van der Waals surface area contributed by atoms with Gasteiger partial charge in [-0.25, -0.2) is 9.97 Å². The molecule has 1 aromatic carbocycles. The first-order chi connectivity index (χ1) is 16.4. The van der Waals surface area contributed by atoms with E-state index in [-0.39, 0.29) is 17.0 Å². The molecule has 5 rings (SSSR count). The molecular formula is C26H28N6O2. The van der Waals surface area contributed by atoms with Gasteiger partial charge in [0.15, 0.2) is 11.2 Å². The number of H-pyrrole nitrogens is 1. The predicted molar refractivity (Wildman–Crippen MR) is 135 cm³/mol. The first-order valence-corrected chi connectivity index (χ1v) is 11.6. The maximum Gasteiger partial charge on any atom is 0.250 e. The number of anilines is 1. The van der Waals surface area contributed by atoms with Gasteiger partial charge in [-0.2, -0.15) is 0 Å². The molecule has 0 radical (unpaired) electrons. The maximum absolute atomic E-state index is 13.5. The lowest BCUT2D eigenvalue weighted by Crippen LogP contribution is -2.46. The predicted octanol–water partition coefficient (Wildman–Crippen LogP) is 3.15. The van der Waals surface area contributed by atoms with Gasteiger partial charge in [-0.1, -0.05) is 30.3 Å². The van der Waals surface area contributed by atoms with Crippen LogP contribution in [0.4, 0.5) is 5.69 Å². The van der Waals surface area contributed by atoms with Gasteiger partial charge in [0, 0.05) is 61.8 Å². The van der Waals surface area contributed by atoms with E-state index in [1.165, 1.54) is 0 Å². The monoisotopic (exact) mass is 456 g/mol. The van der Waals surface area contributed by atoms with Crippen molar-refractivity contribution in [1.29, 1.82) is 0 Å². The van der Waals surface area contributed by atoms with Crippen LogP contribution in [0.3, 0.4) is 0 Å². The molecule has 8 nitrogen and oxygen atoms in total. The van der Waals surface area contributed by atoms with E-state index in [4.69, 9.17) is 9.97 Å². The Hall–Kier alpha value is -3.78. The third-order valence-electron chi connectivity index (χ3n) is 6.35. The van der Waals surface area contributed by atoms with Crippen molar-refractivity contribution in [1.82, 2.24) is 24.4 Å². The number of aromatic nitrogens is 4. The van der Waals surface area contributed by atoms with Gasteiger partial charge in [-0.15, -0.1) is 0 Å². The number of hydrogen-bond donors (Lipinski definition) is 1. The first-order valence-electron chi connectivity index (χ1n) is 11.6. The number of pyridine rings is 2. The molecule has 174 valence electrons. The molecule has 0 bridgehead atoms. The fourth-order valence-corrected chi connectivity index (χ4v) is 4.35. The van der Waals surface area contributed by atoms with Crippen molar-refractivity contribution < 1.29 is 0 Å². The summed E-state index contributed by atoms with van der Waals surface area (Å²) < 4.78 is 1.67. The van der Waals surface area contributed by atoms with Crippen LogP contribution >= 0.6 is 0 Å². The quantitative estimate of drug-likeness (QED) is 0.508. The molecule has 4 aromatic rings. The molecule has 0 saturated carbocycles. The van der Waals surface area contributed by atoms with Crippen molar-refractivity contribution in [3.63, 3.8) is 0 Å². The van der Waals surface area contributed by atoms with Crippen LogP contribution in [0.5, 0.6) is 0 Å². The molecule has 3 aromatic heterocycles. The van der Waals surface area contributed by atoms with Gasteiger partial charge in [-0.3, -0.25) is 9.59 Å². The highest BCUT2D eigenvalue weighted by Gasteiger charge is 2.21. The average molecular weight is 457 g/mol. The molecule has 34 heavy (non-hydrogen) atoms. The summed E-state index contributed by atoms with van der Waals surface area (Å²) in [7, 11) is 2.08. The van der Waals surface area contributed by atoms with E-state index in [2.05, 4.69) is 21.8 Å². The standard InChI is InChI=1S/C26H28N6O2/c1-17(2)32-16-19(9-10-21(32)33)23-22(18-7-5-4-6-8-18)29-26-24(28-23)25(34)20(15-27-26)31-13-11-30(3)12-14-31/h4-10,15-17H,11-14H2,1-3H3,(H,27,29,34). The SMILES string of the molecule is CC(C)n1cc(-c2nc3c(=O)c(N4CCN(C)CC4)c[nH]c3nc2-c2ccccc2)ccc1=O. The molecule has 1 aliphatic rings. The minimum Gasteiger partial charge on any atom is -0.365 e. The van der Waals surface area contributed by atoms with Crippen LogP contribution in [-0.4, -0.2) is 57.6 Å². The van der Waals surface area contributed by atoms with Crippen molar-refractivity contribution in [3.8, 4) is 22.5 Å². The highest BCUT2D eigenvalue weighted by molar-refractivity contribution is 5.85. The number of nitrogens with one attached hydrogen (secondary N) is 1. The van der Waals surface area contributed by atoms with Crippen molar-refractivity contribution in [3.05, 3.63) is 75.4 Å². The van der Waals surface area contributed by atoms with E-state index in [9.17, 15) is 9.59 Å². The minimum absolute atomic E-state index is 0.00622. The van der Waals surface area contributed by atoms with Crippen molar-refractivity contribution in [2.75, 3.05) is 38.1 Å². The number of aromatic amines is 1. The molecule has 0 atom stereocenters. The Morgan fingerprint density at radius 1 is 0.882 bits per heavy atom. The molecule has 0 unspecified atom stereocenters. The first kappa shape index (κ1) is 22.0. The number of nitrogens with zero attached hydrogens (tertiary/aromatic N) is 5. The normalized spacial score (nSPS) is 14.8. The van der Waals surface area contributed by atoms with Crippen LogP contribution in [0, 0.1) is 0 Å². The number of likely N-dealkylation sites (N-methyl/N-ethyl adjacent to an activating group) is 1. The Labute approximate surface area is 197 Å². The molecule has 0 amide bonds. The van der Waals surface area contributed by atoms with Gasteiger partial charge in [-0.05, 0) is 27.0 Å². The van der Waals surface area contributed by atoms with Gasteiger partial charge in [0.05, 0.1) is 11.4 Å². The smallest absolute Gasteiger partial charge is 0.250 e. The average Bonchev–Trinajstić information content (AvgIpc) is 2.85. The van der Waals surface area contributed by atoms with E-state index >= 15 is 0 Å². The summed E-state index contributed by atoms with van der Waals surface area (Å²) in [6.07, 6.45) is 3.55. The molecule has 4 heterocycles. The van der Waals surface area contributed by atoms with E-state index in [0.717, 1.165) is 37.3 Å². The summed E-state index contributed by atoms with van der Waals surface area (Å²) in [6, 6.07) is 13.1. The third kappa shape index (κ3) is 4.01. The molecule has 0 aliphatic carbocycles. The maximum atomic E-state index is 13.5. The third-order valence-corrected chi connectivity index (χ3v) is 6.35. The highest BCUT2D eigenvalue weighted by atomic mass is 16.1. The van der Waals surface area contributed by atoms with Crippen LogP contribution in [0.1, 0.15) is 19.9 Å². The Kier molecular flexibility index (Phi) is 5.75. The number of benzene rings is 1. The largest absolute Gasteiger partial charge is 0.365 e. The van der Waals surface area contributed by atoms with Crippen molar-refractivity contribution in [2.45, 2.75) is 19.9 Å². The topological polar surface area (TPSA) is 87.1 Å². The Morgan fingerprint density at radius 2 is 1.59 bits per heavy atom. The molecule has 1 saturated heterocycles. The number of hydrogen-bond acceptors (Lipinski definition) is 6. The second-order valence-corrected chi connectivity index (χ2v) is 9.03. The minimum atomic E-state index is -0.135. The summed E-state index contributed by atoms with van der Waals surface area (Å²) in [5.74, 6) is 0. The van der Waals surface area contributed by atoms with Crippen LogP contribution in [0.2, 0.25) is 0 Å². The molecule has 8 heteroatoms. The lowest BCUT2D eigenvalue weighted by atomic mass is 10.0. The lowest BCUT2D eigenvalue weighted by molar-refractivity contribution is 0.312. The Balaban J connectivity index is 1.73. The summed E-state index contributed by atoms with van der Waals surface area (Å²) in [4.78, 5) is 43.2. The molecule has 1 N–H and O–H groups in total. The second-order valence-electron chi connectivity index (χ2n) is 9.03. The molecule has 1 aliphatic heterocycles. The Bertz CT molecular complexity index is 1450. The van der Waals surface area contributed by atoms with Crippen LogP contribution < -0.4 is 15.9 Å². The molecule has 1 fully saturated rings. The van der Waals surface area contributed by atoms with Crippen molar-refractivity contribution >= 4 is 16.9 Å². The lowest BCUT2D eigenvalue weighted by Gasteiger charge is -2.33. The van der Waals surface area contributed by atoms with E-state index in [1.54, 1.807) is 29.1 Å². The summed E-state index contributed by atoms with van der Waals surface area (Å²) >= 11 is 0. The van der Waals surface area contributed by atoms with Crippen LogP contribution in [-0.2, 0) is 0 Å². The zero-order chi connectivity index (χ0) is 23.8. The van der Waals surface area contributed by atoms with Gasteiger partial charge >= 0.3 is 0 Å². The number of piperazine rings is 1. The van der Waals surface area contributed by atoms with Crippen molar-refractivity contribution in [2.24, 2.45) is 0 Å². The molecule has 0 spiro atoms. The zero-order valence-electron chi connectivity index (χ0n) is 19.7. The van der Waals surface area contributed by atoms with Gasteiger partial charge in [0.1, 0.15) is 5.69 Å². The second kappa shape index (κ2) is 8.87. The molecular weight excluding hydrogens is 428 g/mol. The van der Waals surface area contributed by atoms with E-state index in [1.807, 2.05) is 44.2 Å². The summed E-state index contributed by atoms with van der Waals surface area (Å²) in [5.41, 5.74) is 4.01. The van der Waals surface area contributed by atoms with Gasteiger partial charge < -0.3 is 19.4 Å². The van der Waals surface area contributed by atoms with E-state index in [0.29, 0.717) is 28.2 Å². The number of fused-ring (bicyclic) bond motifs is 1. The summed E-state index contributed by atoms with van der Waals surface area (Å²) in [6.45, 7) is 7.29. The zero-order valence-corrected chi connectivity index (χ0v) is 19.7. The van der Waals surface area contributed by atoms with Gasteiger partial charge in [0.25, 0.3) is 5.56 Å².